The summed E-state index contributed by atoms with van der Waals surface area (Å²) in [6.07, 6.45) is 0.508. The highest BCUT2D eigenvalue weighted by Crippen LogP contribution is 2.37. The highest BCUT2D eigenvalue weighted by molar-refractivity contribution is 6.32. The Bertz CT molecular complexity index is 1170. The number of aromatic nitrogens is 1. The first-order valence-corrected chi connectivity index (χ1v) is 13.6. The van der Waals surface area contributed by atoms with E-state index in [1.807, 2.05) is 6.07 Å². The first-order valence-electron chi connectivity index (χ1n) is 13.2. The first kappa shape index (κ1) is 29.0. The Morgan fingerprint density at radius 1 is 1.18 bits per heavy atom. The van der Waals surface area contributed by atoms with Gasteiger partial charge in [-0.1, -0.05) is 23.7 Å². The number of amides is 2. The van der Waals surface area contributed by atoms with E-state index >= 15 is 0 Å². The zero-order valence-corrected chi connectivity index (χ0v) is 22.9. The summed E-state index contributed by atoms with van der Waals surface area (Å²) >= 11 is 6.30. The molecule has 39 heavy (non-hydrogen) atoms. The first-order chi connectivity index (χ1) is 18.6. The second-order valence-electron chi connectivity index (χ2n) is 10.3. The molecule has 1 atom stereocenters. The summed E-state index contributed by atoms with van der Waals surface area (Å²) in [7, 11) is 2.80. The topological polar surface area (TPSA) is 74.8 Å². The molecule has 0 bridgehead atoms. The van der Waals surface area contributed by atoms with Gasteiger partial charge in [0, 0.05) is 32.7 Å². The van der Waals surface area contributed by atoms with E-state index in [1.54, 1.807) is 12.1 Å². The van der Waals surface area contributed by atoms with E-state index in [-0.39, 0.29) is 35.0 Å². The van der Waals surface area contributed by atoms with Crippen molar-refractivity contribution < 1.29 is 27.5 Å². The van der Waals surface area contributed by atoms with E-state index in [0.29, 0.717) is 17.9 Å². The molecule has 1 aromatic heterocycles. The molecule has 2 heterocycles. The smallest absolute Gasteiger partial charge is 0.404 e. The molecule has 7 nitrogen and oxygen atoms in total. The van der Waals surface area contributed by atoms with Gasteiger partial charge in [0.25, 0.3) is 5.91 Å². The van der Waals surface area contributed by atoms with Crippen molar-refractivity contribution in [2.75, 3.05) is 38.7 Å². The number of likely N-dealkylation sites (N-methyl/N-ethyl adjacent to an activating group) is 1. The number of anilines is 1. The van der Waals surface area contributed by atoms with Crippen molar-refractivity contribution in [2.24, 2.45) is 5.92 Å². The molecule has 1 aliphatic heterocycles. The molecule has 2 aliphatic rings. The van der Waals surface area contributed by atoms with Gasteiger partial charge >= 0.3 is 6.18 Å². The van der Waals surface area contributed by atoms with Gasteiger partial charge in [-0.05, 0) is 74.3 Å². The molecule has 1 saturated heterocycles. The van der Waals surface area contributed by atoms with Crippen LogP contribution in [-0.4, -0.2) is 67.7 Å². The number of alkyl halides is 3. The maximum atomic E-state index is 13.9. The zero-order valence-electron chi connectivity index (χ0n) is 22.1. The van der Waals surface area contributed by atoms with Crippen LogP contribution in [0.3, 0.4) is 0 Å². The predicted molar refractivity (Wildman–Crippen MR) is 143 cm³/mol. The van der Waals surface area contributed by atoms with Gasteiger partial charge < -0.3 is 19.9 Å². The fraction of sp³-hybridized carbons (Fsp3) is 0.536. The zero-order chi connectivity index (χ0) is 28.2. The number of benzene rings is 1. The summed E-state index contributed by atoms with van der Waals surface area (Å²) in [6.45, 7) is 1.78. The Labute approximate surface area is 231 Å². The number of rotatable bonds is 10. The summed E-state index contributed by atoms with van der Waals surface area (Å²) in [6, 6.07) is 9.33. The highest BCUT2D eigenvalue weighted by Gasteiger charge is 2.47. The number of nitrogens with one attached hydrogen (secondary N) is 1. The van der Waals surface area contributed by atoms with Crippen molar-refractivity contribution >= 4 is 29.2 Å². The molecule has 11 heteroatoms. The summed E-state index contributed by atoms with van der Waals surface area (Å²) < 4.78 is 46.6. The minimum Gasteiger partial charge on any atom is -0.497 e. The second kappa shape index (κ2) is 12.4. The quantitative estimate of drug-likeness (QED) is 0.388. The van der Waals surface area contributed by atoms with Crippen molar-refractivity contribution in [3.8, 4) is 5.75 Å². The summed E-state index contributed by atoms with van der Waals surface area (Å²) in [5, 5.41) is 3.10. The van der Waals surface area contributed by atoms with Crippen LogP contribution in [-0.2, 0) is 4.79 Å². The van der Waals surface area contributed by atoms with Crippen molar-refractivity contribution in [3.05, 3.63) is 52.7 Å². The highest BCUT2D eigenvalue weighted by atomic mass is 35.5. The van der Waals surface area contributed by atoms with E-state index in [4.69, 9.17) is 16.3 Å². The molecule has 212 valence electrons. The summed E-state index contributed by atoms with van der Waals surface area (Å²) in [5.41, 5.74) is 0.247. The number of hydrogen-bond acceptors (Lipinski definition) is 5. The molecule has 0 radical (unpaired) electrons. The Morgan fingerprint density at radius 2 is 1.90 bits per heavy atom. The van der Waals surface area contributed by atoms with Crippen molar-refractivity contribution in [2.45, 2.75) is 56.7 Å². The minimum absolute atomic E-state index is 0.128. The summed E-state index contributed by atoms with van der Waals surface area (Å²) in [5.74, 6) is -2.00. The van der Waals surface area contributed by atoms with Gasteiger partial charge in [-0.2, -0.15) is 13.2 Å². The van der Waals surface area contributed by atoms with Crippen LogP contribution in [0.4, 0.5) is 19.0 Å². The largest absolute Gasteiger partial charge is 0.497 e. The molecule has 2 fully saturated rings. The van der Waals surface area contributed by atoms with E-state index in [1.165, 1.54) is 37.3 Å². The van der Waals surface area contributed by atoms with E-state index in [2.05, 4.69) is 15.2 Å². The monoisotopic (exact) mass is 566 g/mol. The lowest BCUT2D eigenvalue weighted by molar-refractivity contribution is -0.171. The van der Waals surface area contributed by atoms with Gasteiger partial charge in [0.05, 0.1) is 12.7 Å². The Balaban J connectivity index is 1.25. The predicted octanol–water partition coefficient (Wildman–Crippen LogP) is 5.44. The molecule has 4 rings (SSSR count). The van der Waals surface area contributed by atoms with Gasteiger partial charge in [-0.25, -0.2) is 4.98 Å². The number of ether oxygens (including phenoxy) is 1. The number of piperidine rings is 1. The van der Waals surface area contributed by atoms with Crippen molar-refractivity contribution in [1.29, 1.82) is 0 Å². The molecule has 1 N–H and O–H groups in total. The summed E-state index contributed by atoms with van der Waals surface area (Å²) in [4.78, 5) is 32.9. The number of halogens is 4. The third-order valence-electron chi connectivity index (χ3n) is 7.41. The van der Waals surface area contributed by atoms with Crippen LogP contribution in [0.15, 0.2) is 36.4 Å². The maximum Gasteiger partial charge on any atom is 0.404 e. The molecule has 2 aromatic rings. The third-order valence-corrected chi connectivity index (χ3v) is 7.70. The molecule has 1 saturated carbocycles. The van der Waals surface area contributed by atoms with E-state index in [9.17, 15) is 22.8 Å². The normalized spacial score (nSPS) is 17.0. The van der Waals surface area contributed by atoms with Crippen molar-refractivity contribution in [1.82, 2.24) is 15.2 Å². The van der Waals surface area contributed by atoms with Gasteiger partial charge in [-0.3, -0.25) is 9.59 Å². The van der Waals surface area contributed by atoms with Crippen LogP contribution in [0, 0.1) is 5.92 Å². The lowest BCUT2D eigenvalue weighted by atomic mass is 9.92. The Morgan fingerprint density at radius 3 is 2.51 bits per heavy atom. The molecule has 1 aliphatic carbocycles. The van der Waals surface area contributed by atoms with E-state index in [0.717, 1.165) is 51.0 Å². The lowest BCUT2D eigenvalue weighted by Gasteiger charge is -2.33. The molecule has 2 amide bonds. The lowest BCUT2D eigenvalue weighted by Crippen LogP contribution is -2.39. The SMILES string of the molecule is COc1cccc([C@@H](C(=O)N(C)CCCC2CCN(c3ccc(C(=O)NC4CC4)c(Cl)n3)CC2)C(F)(F)F)c1. The Hall–Kier alpha value is -3.01. The van der Waals surface area contributed by atoms with Gasteiger partial charge in [0.2, 0.25) is 5.91 Å². The van der Waals surface area contributed by atoms with Crippen LogP contribution in [0.25, 0.3) is 0 Å². The fourth-order valence-corrected chi connectivity index (χ4v) is 5.19. The minimum atomic E-state index is -4.71. The number of pyridine rings is 1. The van der Waals surface area contributed by atoms with E-state index < -0.39 is 18.0 Å². The molecular formula is C28H34ClF3N4O3. The number of carbonyl (C=O) groups is 2. The number of hydrogen-bond donors (Lipinski definition) is 1. The number of methoxy groups -OCH3 is 1. The molecular weight excluding hydrogens is 533 g/mol. The average molecular weight is 567 g/mol. The standard InChI is InChI=1S/C28H34ClF3N4O3/c1-35(27(38)24(28(30,31)32)19-6-3-7-21(17-19)39-2)14-4-5-18-12-15-36(16-13-18)23-11-10-22(25(29)34-23)26(37)33-20-8-9-20/h3,6-7,10-11,17-18,20,24H,4-5,8-9,12-16H2,1-2H3,(H,33,37)/t24-/m0/s1. The van der Waals surface area contributed by atoms with Crippen molar-refractivity contribution in [3.63, 3.8) is 0 Å². The fourth-order valence-electron chi connectivity index (χ4n) is 4.95. The van der Waals surface area contributed by atoms with Gasteiger partial charge in [0.15, 0.2) is 5.92 Å². The average Bonchev–Trinajstić information content (AvgIpc) is 3.72. The number of carbonyl (C=O) groups excluding carboxylic acids is 2. The number of nitrogens with zero attached hydrogens (tertiary/aromatic N) is 3. The molecule has 1 aromatic carbocycles. The van der Waals surface area contributed by atoms with Gasteiger partial charge in [0.1, 0.15) is 16.7 Å². The van der Waals surface area contributed by atoms with Crippen LogP contribution in [0.5, 0.6) is 5.75 Å². The van der Waals surface area contributed by atoms with Crippen LogP contribution >= 0.6 is 11.6 Å². The maximum absolute atomic E-state index is 13.9. The molecule has 0 unspecified atom stereocenters. The van der Waals surface area contributed by atoms with Crippen LogP contribution in [0.1, 0.15) is 60.4 Å². The second-order valence-corrected chi connectivity index (χ2v) is 10.7. The molecule has 0 spiro atoms. The van der Waals surface area contributed by atoms with Crippen LogP contribution < -0.4 is 15.0 Å². The van der Waals surface area contributed by atoms with Gasteiger partial charge in [-0.15, -0.1) is 0 Å². The van der Waals surface area contributed by atoms with Crippen LogP contribution in [0.2, 0.25) is 5.15 Å². The third kappa shape index (κ3) is 7.56. The Kier molecular flexibility index (Phi) is 9.25.